The predicted molar refractivity (Wildman–Crippen MR) is 46.1 cm³/mol. The second-order valence-corrected chi connectivity index (χ2v) is 2.90. The Hall–Kier alpha value is -1.06. The van der Waals surface area contributed by atoms with Gasteiger partial charge in [-0.05, 0) is 6.07 Å². The maximum Gasteiger partial charge on any atom is 0.137 e. The van der Waals surface area contributed by atoms with Crippen LogP contribution >= 0.6 is 11.6 Å². The van der Waals surface area contributed by atoms with E-state index in [-0.39, 0.29) is 6.61 Å². The molecular weight excluding hydrogens is 176 g/mol. The van der Waals surface area contributed by atoms with Gasteiger partial charge >= 0.3 is 0 Å². The number of nitrogens with zero attached hydrogens (tertiary/aromatic N) is 2. The van der Waals surface area contributed by atoms with Crippen molar-refractivity contribution < 1.29 is 5.11 Å². The van der Waals surface area contributed by atoms with Crippen LogP contribution < -0.4 is 0 Å². The number of aliphatic hydroxyl groups excluding tert-OH is 1. The topological polar surface area (TPSA) is 37.5 Å². The first kappa shape index (κ1) is 7.58. The molecule has 0 bridgehead atoms. The summed E-state index contributed by atoms with van der Waals surface area (Å²) in [7, 11) is 0. The number of hydrogen-bond acceptors (Lipinski definition) is 2. The van der Waals surface area contributed by atoms with Crippen LogP contribution in [0.2, 0.25) is 5.02 Å². The fourth-order valence-electron chi connectivity index (χ4n) is 1.10. The van der Waals surface area contributed by atoms with Gasteiger partial charge in [0, 0.05) is 24.2 Å². The summed E-state index contributed by atoms with van der Waals surface area (Å²) < 4.78 is 1.81. The lowest BCUT2D eigenvalue weighted by molar-refractivity contribution is 0.282. The molecule has 0 saturated carbocycles. The van der Waals surface area contributed by atoms with Crippen LogP contribution in [0.3, 0.4) is 0 Å². The molecule has 0 unspecified atom stereocenters. The Bertz CT molecular complexity index is 410. The molecule has 0 atom stereocenters. The van der Waals surface area contributed by atoms with E-state index in [0.717, 1.165) is 5.65 Å². The lowest BCUT2D eigenvalue weighted by Gasteiger charge is -2.00. The molecular formula is C8H7ClN2O. The number of aromatic nitrogens is 2. The number of imidazole rings is 1. The van der Waals surface area contributed by atoms with Crippen molar-refractivity contribution >= 4 is 17.2 Å². The van der Waals surface area contributed by atoms with Gasteiger partial charge < -0.3 is 9.51 Å². The van der Waals surface area contributed by atoms with Crippen LogP contribution in [-0.4, -0.2) is 14.5 Å². The van der Waals surface area contributed by atoms with E-state index in [0.29, 0.717) is 10.6 Å². The van der Waals surface area contributed by atoms with Crippen LogP contribution in [0.25, 0.3) is 5.65 Å². The van der Waals surface area contributed by atoms with Crippen LogP contribution in [0, 0.1) is 0 Å². The molecule has 2 aromatic heterocycles. The monoisotopic (exact) mass is 182 g/mol. The van der Waals surface area contributed by atoms with Crippen LogP contribution in [-0.2, 0) is 6.61 Å². The van der Waals surface area contributed by atoms with E-state index >= 15 is 0 Å². The molecule has 62 valence electrons. The van der Waals surface area contributed by atoms with E-state index < -0.39 is 0 Å². The van der Waals surface area contributed by atoms with E-state index in [1.165, 1.54) is 0 Å². The van der Waals surface area contributed by atoms with Crippen LogP contribution in [0.5, 0.6) is 0 Å². The summed E-state index contributed by atoms with van der Waals surface area (Å²) in [5.41, 5.74) is 1.50. The minimum atomic E-state index is -0.0534. The van der Waals surface area contributed by atoms with E-state index in [4.69, 9.17) is 16.7 Å². The molecule has 4 heteroatoms. The smallest absolute Gasteiger partial charge is 0.137 e. The van der Waals surface area contributed by atoms with Crippen molar-refractivity contribution in [3.8, 4) is 0 Å². The third-order valence-electron chi connectivity index (χ3n) is 1.73. The number of halogens is 1. The molecule has 0 aromatic carbocycles. The average Bonchev–Trinajstić information content (AvgIpc) is 2.49. The summed E-state index contributed by atoms with van der Waals surface area (Å²) in [5.74, 6) is 0. The van der Waals surface area contributed by atoms with E-state index in [1.807, 2.05) is 10.6 Å². The molecule has 0 aliphatic rings. The molecule has 0 aliphatic carbocycles. The Morgan fingerprint density at radius 1 is 1.58 bits per heavy atom. The zero-order valence-electron chi connectivity index (χ0n) is 6.24. The molecule has 3 nitrogen and oxygen atoms in total. The third kappa shape index (κ3) is 1.07. The minimum absolute atomic E-state index is 0.0534. The van der Waals surface area contributed by atoms with Crippen molar-refractivity contribution in [3.05, 3.63) is 35.2 Å². The van der Waals surface area contributed by atoms with Gasteiger partial charge in [0.25, 0.3) is 0 Å². The molecule has 2 heterocycles. The lowest BCUT2D eigenvalue weighted by Crippen LogP contribution is -1.90. The number of rotatable bonds is 1. The van der Waals surface area contributed by atoms with Gasteiger partial charge in [0.05, 0.1) is 11.6 Å². The summed E-state index contributed by atoms with van der Waals surface area (Å²) in [4.78, 5) is 4.06. The molecule has 0 spiro atoms. The molecule has 0 amide bonds. The highest BCUT2D eigenvalue weighted by molar-refractivity contribution is 6.31. The lowest BCUT2D eigenvalue weighted by atomic mass is 10.3. The highest BCUT2D eigenvalue weighted by atomic mass is 35.5. The minimum Gasteiger partial charge on any atom is -0.392 e. The Balaban J connectivity index is 2.73. The fraction of sp³-hybridized carbons (Fsp3) is 0.125. The Labute approximate surface area is 74.2 Å². The Morgan fingerprint density at radius 2 is 2.42 bits per heavy atom. The Morgan fingerprint density at radius 3 is 3.17 bits per heavy atom. The van der Waals surface area contributed by atoms with Crippen molar-refractivity contribution in [3.63, 3.8) is 0 Å². The van der Waals surface area contributed by atoms with Gasteiger partial charge in [-0.3, -0.25) is 0 Å². The highest BCUT2D eigenvalue weighted by Gasteiger charge is 2.01. The summed E-state index contributed by atoms with van der Waals surface area (Å²) in [6.45, 7) is -0.0534. The van der Waals surface area contributed by atoms with Gasteiger partial charge in [-0.1, -0.05) is 11.6 Å². The summed E-state index contributed by atoms with van der Waals surface area (Å²) in [6.07, 6.45) is 5.23. The SMILES string of the molecule is OCc1cc2nccn2cc1Cl. The largest absolute Gasteiger partial charge is 0.392 e. The van der Waals surface area contributed by atoms with Crippen molar-refractivity contribution in [2.75, 3.05) is 0 Å². The van der Waals surface area contributed by atoms with E-state index in [2.05, 4.69) is 4.98 Å². The molecule has 0 aliphatic heterocycles. The zero-order chi connectivity index (χ0) is 8.55. The molecule has 0 radical (unpaired) electrons. The second-order valence-electron chi connectivity index (χ2n) is 2.50. The van der Waals surface area contributed by atoms with Crippen molar-refractivity contribution in [1.29, 1.82) is 0 Å². The zero-order valence-corrected chi connectivity index (χ0v) is 6.99. The maximum absolute atomic E-state index is 8.89. The van der Waals surface area contributed by atoms with Crippen LogP contribution in [0.15, 0.2) is 24.7 Å². The normalized spacial score (nSPS) is 10.8. The number of fused-ring (bicyclic) bond motifs is 1. The van der Waals surface area contributed by atoms with Crippen molar-refractivity contribution in [2.45, 2.75) is 6.61 Å². The summed E-state index contributed by atoms with van der Waals surface area (Å²) >= 11 is 5.85. The maximum atomic E-state index is 8.89. The standard InChI is InChI=1S/C8H7ClN2O/c9-7-4-11-2-1-10-8(11)3-6(7)5-12/h1-4,12H,5H2. The van der Waals surface area contributed by atoms with E-state index in [9.17, 15) is 0 Å². The van der Waals surface area contributed by atoms with Gasteiger partial charge in [0.2, 0.25) is 0 Å². The number of aliphatic hydroxyl groups is 1. The van der Waals surface area contributed by atoms with Gasteiger partial charge in [0.15, 0.2) is 0 Å². The predicted octanol–water partition coefficient (Wildman–Crippen LogP) is 1.48. The Kier molecular flexibility index (Phi) is 1.75. The first-order valence-corrected chi connectivity index (χ1v) is 3.91. The summed E-state index contributed by atoms with van der Waals surface area (Å²) in [5, 5.41) is 9.45. The molecule has 1 N–H and O–H groups in total. The molecule has 2 aromatic rings. The quantitative estimate of drug-likeness (QED) is 0.726. The van der Waals surface area contributed by atoms with Crippen molar-refractivity contribution in [2.24, 2.45) is 0 Å². The molecule has 0 fully saturated rings. The third-order valence-corrected chi connectivity index (χ3v) is 2.07. The highest BCUT2D eigenvalue weighted by Crippen LogP contribution is 2.17. The van der Waals surface area contributed by atoms with Gasteiger partial charge in [-0.15, -0.1) is 0 Å². The van der Waals surface area contributed by atoms with Gasteiger partial charge in [-0.25, -0.2) is 4.98 Å². The molecule has 0 saturated heterocycles. The molecule has 2 rings (SSSR count). The first-order valence-electron chi connectivity index (χ1n) is 3.53. The fourth-order valence-corrected chi connectivity index (χ4v) is 1.32. The van der Waals surface area contributed by atoms with Gasteiger partial charge in [0.1, 0.15) is 5.65 Å². The van der Waals surface area contributed by atoms with Crippen LogP contribution in [0.1, 0.15) is 5.56 Å². The first-order chi connectivity index (χ1) is 5.81. The molecule has 12 heavy (non-hydrogen) atoms. The summed E-state index contributed by atoms with van der Waals surface area (Å²) in [6, 6.07) is 1.77. The van der Waals surface area contributed by atoms with Crippen molar-refractivity contribution in [1.82, 2.24) is 9.38 Å². The number of hydrogen-bond donors (Lipinski definition) is 1. The second kappa shape index (κ2) is 2.77. The van der Waals surface area contributed by atoms with E-state index in [1.54, 1.807) is 18.5 Å². The average molecular weight is 183 g/mol. The van der Waals surface area contributed by atoms with Gasteiger partial charge in [-0.2, -0.15) is 0 Å². The number of pyridine rings is 1. The van der Waals surface area contributed by atoms with Crippen LogP contribution in [0.4, 0.5) is 0 Å².